The summed E-state index contributed by atoms with van der Waals surface area (Å²) in [6, 6.07) is 8.71. The number of fused-ring (bicyclic) bond motifs is 2. The third-order valence-corrected chi connectivity index (χ3v) is 3.62. The maximum absolute atomic E-state index is 3.20. The Morgan fingerprint density at radius 2 is 2.00 bits per heavy atom. The second-order valence-corrected chi connectivity index (χ2v) is 4.89. The minimum atomic E-state index is 0.121. The molecule has 3 rings (SSSR count). The minimum absolute atomic E-state index is 0.121. The monoisotopic (exact) mass is 206 g/mol. The zero-order valence-corrected chi connectivity index (χ0v) is 9.67. The number of benzene rings is 1. The molecule has 0 spiro atoms. The molecule has 0 fully saturated rings. The Morgan fingerprint density at radius 3 is 2.88 bits per heavy atom. The molecule has 2 aliphatic carbocycles. The lowest BCUT2D eigenvalue weighted by Crippen LogP contribution is -2.15. The molecular formula is C16H14. The summed E-state index contributed by atoms with van der Waals surface area (Å²) >= 11 is 0. The third kappa shape index (κ3) is 1.12. The molecule has 1 aromatic rings. The van der Waals surface area contributed by atoms with Gasteiger partial charge >= 0.3 is 0 Å². The van der Waals surface area contributed by atoms with E-state index in [4.69, 9.17) is 0 Å². The fraction of sp³-hybridized carbons (Fsp3) is 0.250. The molecule has 78 valence electrons. The van der Waals surface area contributed by atoms with Gasteiger partial charge < -0.3 is 0 Å². The van der Waals surface area contributed by atoms with Gasteiger partial charge in [-0.25, -0.2) is 0 Å². The number of allylic oxidation sites excluding steroid dienone is 4. The van der Waals surface area contributed by atoms with Crippen LogP contribution in [0.25, 0.3) is 5.57 Å². The van der Waals surface area contributed by atoms with Crippen LogP contribution in [0, 0.1) is 11.8 Å². The highest BCUT2D eigenvalue weighted by atomic mass is 14.4. The van der Waals surface area contributed by atoms with Gasteiger partial charge in [-0.2, -0.15) is 0 Å². The van der Waals surface area contributed by atoms with Crippen molar-refractivity contribution in [1.82, 2.24) is 0 Å². The van der Waals surface area contributed by atoms with Crippen LogP contribution in [0.15, 0.2) is 42.0 Å². The molecule has 0 atom stereocenters. The van der Waals surface area contributed by atoms with Crippen molar-refractivity contribution in [2.45, 2.75) is 25.7 Å². The Bertz CT molecular complexity index is 572. The van der Waals surface area contributed by atoms with Crippen LogP contribution in [-0.4, -0.2) is 0 Å². The van der Waals surface area contributed by atoms with Crippen molar-refractivity contribution in [2.24, 2.45) is 0 Å². The molecule has 16 heavy (non-hydrogen) atoms. The molecule has 0 heterocycles. The van der Waals surface area contributed by atoms with E-state index in [0.717, 1.165) is 6.42 Å². The lowest BCUT2D eigenvalue weighted by molar-refractivity contribution is 0.654. The maximum Gasteiger partial charge on any atom is 0.0353 e. The van der Waals surface area contributed by atoms with Crippen LogP contribution >= 0.6 is 0 Å². The van der Waals surface area contributed by atoms with E-state index in [1.807, 2.05) is 6.08 Å². The number of hydrogen-bond donors (Lipinski definition) is 0. The van der Waals surface area contributed by atoms with Gasteiger partial charge in [0.05, 0.1) is 0 Å². The summed E-state index contributed by atoms with van der Waals surface area (Å²) in [6.45, 7) is 4.59. The molecule has 0 aromatic heterocycles. The van der Waals surface area contributed by atoms with Crippen molar-refractivity contribution < 1.29 is 0 Å². The highest BCUT2D eigenvalue weighted by molar-refractivity contribution is 5.83. The lowest BCUT2D eigenvalue weighted by atomic mass is 9.81. The molecule has 0 unspecified atom stereocenters. The highest BCUT2D eigenvalue weighted by Gasteiger charge is 2.35. The summed E-state index contributed by atoms with van der Waals surface area (Å²) in [5.41, 5.74) is 5.79. The van der Waals surface area contributed by atoms with Gasteiger partial charge in [-0.1, -0.05) is 50.0 Å². The van der Waals surface area contributed by atoms with Crippen LogP contribution in [0.5, 0.6) is 0 Å². The SMILES string of the molecule is CC1(C)C2=C(CC#CC=C2)c2ccccc21. The fourth-order valence-electron chi connectivity index (χ4n) is 2.78. The molecule has 0 nitrogen and oxygen atoms in total. The van der Waals surface area contributed by atoms with E-state index in [-0.39, 0.29) is 5.41 Å². The molecule has 0 bridgehead atoms. The average Bonchev–Trinajstić information content (AvgIpc) is 2.50. The first-order valence-electron chi connectivity index (χ1n) is 5.70. The van der Waals surface area contributed by atoms with Gasteiger partial charge in [0.2, 0.25) is 0 Å². The molecule has 0 heteroatoms. The van der Waals surface area contributed by atoms with Crippen LogP contribution in [0.2, 0.25) is 0 Å². The van der Waals surface area contributed by atoms with Gasteiger partial charge in [0.15, 0.2) is 0 Å². The normalized spacial score (nSPS) is 19.6. The molecule has 0 N–H and O–H groups in total. The maximum atomic E-state index is 3.20. The molecule has 0 amide bonds. The molecule has 0 saturated carbocycles. The van der Waals surface area contributed by atoms with Gasteiger partial charge in [0, 0.05) is 11.8 Å². The van der Waals surface area contributed by atoms with E-state index in [0.29, 0.717) is 0 Å². The van der Waals surface area contributed by atoms with Gasteiger partial charge in [0.25, 0.3) is 0 Å². The summed E-state index contributed by atoms with van der Waals surface area (Å²) < 4.78 is 0. The van der Waals surface area contributed by atoms with Crippen molar-refractivity contribution in [3.05, 3.63) is 53.1 Å². The first kappa shape index (κ1) is 9.48. The zero-order chi connectivity index (χ0) is 11.2. The van der Waals surface area contributed by atoms with Gasteiger partial charge in [-0.3, -0.25) is 0 Å². The van der Waals surface area contributed by atoms with Crippen molar-refractivity contribution in [1.29, 1.82) is 0 Å². The molecule has 0 saturated heterocycles. The van der Waals surface area contributed by atoms with E-state index in [9.17, 15) is 0 Å². The largest absolute Gasteiger partial charge is 0.0937 e. The van der Waals surface area contributed by atoms with E-state index in [1.165, 1.54) is 22.3 Å². The summed E-state index contributed by atoms with van der Waals surface area (Å²) in [5.74, 6) is 6.27. The van der Waals surface area contributed by atoms with Crippen molar-refractivity contribution >= 4 is 5.57 Å². The second kappa shape index (κ2) is 3.12. The number of rotatable bonds is 0. The first-order valence-corrected chi connectivity index (χ1v) is 5.70. The highest BCUT2D eigenvalue weighted by Crippen LogP contribution is 2.47. The van der Waals surface area contributed by atoms with Crippen LogP contribution in [0.3, 0.4) is 0 Å². The molecule has 2 aliphatic rings. The van der Waals surface area contributed by atoms with E-state index in [1.54, 1.807) is 0 Å². The summed E-state index contributed by atoms with van der Waals surface area (Å²) in [6.07, 6.45) is 5.05. The van der Waals surface area contributed by atoms with Gasteiger partial charge in [0.1, 0.15) is 0 Å². The second-order valence-electron chi connectivity index (χ2n) is 4.89. The summed E-state index contributed by atoms with van der Waals surface area (Å²) in [7, 11) is 0. The third-order valence-electron chi connectivity index (χ3n) is 3.62. The molecule has 1 aromatic carbocycles. The standard InChI is InChI=1S/C16H14/c1-16(2)14-10-5-3-4-8-12(14)13-9-6-7-11-15(13)16/h5-7,9-11H,8H2,1-2H3. The van der Waals surface area contributed by atoms with E-state index >= 15 is 0 Å². The predicted octanol–water partition coefficient (Wildman–Crippen LogP) is 3.69. The van der Waals surface area contributed by atoms with Crippen LogP contribution in [-0.2, 0) is 5.41 Å². The number of hydrogen-bond acceptors (Lipinski definition) is 0. The summed E-state index contributed by atoms with van der Waals surface area (Å²) in [5, 5.41) is 0. The Kier molecular flexibility index (Phi) is 1.85. The van der Waals surface area contributed by atoms with Crippen molar-refractivity contribution in [3.8, 4) is 11.8 Å². The Labute approximate surface area is 96.7 Å². The van der Waals surface area contributed by atoms with Gasteiger partial charge in [-0.15, -0.1) is 0 Å². The Hall–Kier alpha value is -1.74. The van der Waals surface area contributed by atoms with E-state index < -0.39 is 0 Å². The lowest BCUT2D eigenvalue weighted by Gasteiger charge is -2.22. The van der Waals surface area contributed by atoms with Gasteiger partial charge in [-0.05, 0) is 34.4 Å². The Morgan fingerprint density at radius 1 is 1.19 bits per heavy atom. The first-order chi connectivity index (χ1) is 7.71. The fourth-order valence-corrected chi connectivity index (χ4v) is 2.78. The quantitative estimate of drug-likeness (QED) is 0.568. The molecule has 0 aliphatic heterocycles. The predicted molar refractivity (Wildman–Crippen MR) is 67.9 cm³/mol. The molecule has 0 radical (unpaired) electrons. The van der Waals surface area contributed by atoms with Crippen LogP contribution in [0.4, 0.5) is 0 Å². The van der Waals surface area contributed by atoms with Crippen molar-refractivity contribution in [3.63, 3.8) is 0 Å². The summed E-state index contributed by atoms with van der Waals surface area (Å²) in [4.78, 5) is 0. The topological polar surface area (TPSA) is 0 Å². The smallest absolute Gasteiger partial charge is 0.0353 e. The minimum Gasteiger partial charge on any atom is -0.0937 e. The van der Waals surface area contributed by atoms with Crippen LogP contribution in [0.1, 0.15) is 31.4 Å². The zero-order valence-electron chi connectivity index (χ0n) is 9.67. The van der Waals surface area contributed by atoms with Crippen LogP contribution < -0.4 is 0 Å². The average molecular weight is 206 g/mol. The van der Waals surface area contributed by atoms with E-state index in [2.05, 4.69) is 56.0 Å². The molecular weight excluding hydrogens is 192 g/mol. The van der Waals surface area contributed by atoms with Crippen molar-refractivity contribution in [2.75, 3.05) is 0 Å². The Balaban J connectivity index is 2.30.